The van der Waals surface area contributed by atoms with Gasteiger partial charge in [0, 0.05) is 6.04 Å². The number of ether oxygens (including phenoxy) is 1. The van der Waals surface area contributed by atoms with Crippen LogP contribution >= 0.6 is 0 Å². The fraction of sp³-hybridized carbons (Fsp3) is 0.467. The third kappa shape index (κ3) is 4.26. The predicted octanol–water partition coefficient (Wildman–Crippen LogP) is 2.41. The Morgan fingerprint density at radius 1 is 1.40 bits per heavy atom. The Hall–Kier alpha value is -2.04. The minimum absolute atomic E-state index is 0.0601. The molecule has 0 bridgehead atoms. The van der Waals surface area contributed by atoms with E-state index in [1.807, 2.05) is 30.3 Å². The summed E-state index contributed by atoms with van der Waals surface area (Å²) < 4.78 is 5.11. The molecule has 1 aliphatic rings. The zero-order valence-corrected chi connectivity index (χ0v) is 11.4. The van der Waals surface area contributed by atoms with Gasteiger partial charge in [0.1, 0.15) is 6.61 Å². The number of carboxylic acids is 1. The van der Waals surface area contributed by atoms with Crippen LogP contribution in [0.25, 0.3) is 0 Å². The number of nitrogens with one attached hydrogen (secondary N) is 1. The van der Waals surface area contributed by atoms with E-state index >= 15 is 0 Å². The van der Waals surface area contributed by atoms with Crippen molar-refractivity contribution in [3.8, 4) is 0 Å². The molecule has 5 heteroatoms. The van der Waals surface area contributed by atoms with Crippen LogP contribution in [0.3, 0.4) is 0 Å². The summed E-state index contributed by atoms with van der Waals surface area (Å²) in [7, 11) is 0. The highest BCUT2D eigenvalue weighted by Gasteiger charge is 2.41. The molecule has 2 N–H and O–H groups in total. The monoisotopic (exact) mass is 277 g/mol. The standard InChI is InChI=1S/C15H19NO4/c1-10-7-12(10)13(8-14(17)18)16-15(19)20-9-11-5-3-2-4-6-11/h2-6,10,12-13H,7-9H2,1H3,(H,16,19)(H,17,18). The maximum absolute atomic E-state index is 11.7. The van der Waals surface area contributed by atoms with Crippen LogP contribution in [0.5, 0.6) is 0 Å². The number of carboxylic acid groups (broad SMARTS) is 1. The molecule has 0 saturated heterocycles. The first-order valence-corrected chi connectivity index (χ1v) is 6.75. The van der Waals surface area contributed by atoms with Crippen molar-refractivity contribution in [3.05, 3.63) is 35.9 Å². The number of benzene rings is 1. The topological polar surface area (TPSA) is 75.6 Å². The number of hydrogen-bond acceptors (Lipinski definition) is 3. The molecule has 1 aromatic carbocycles. The van der Waals surface area contributed by atoms with E-state index in [1.54, 1.807) is 0 Å². The highest BCUT2D eigenvalue weighted by atomic mass is 16.5. The molecule has 0 aliphatic heterocycles. The van der Waals surface area contributed by atoms with Crippen molar-refractivity contribution in [2.75, 3.05) is 0 Å². The Balaban J connectivity index is 1.81. The number of carbonyl (C=O) groups is 2. The van der Waals surface area contributed by atoms with Crippen LogP contribution in [0.2, 0.25) is 0 Å². The molecule has 1 aromatic rings. The van der Waals surface area contributed by atoms with Gasteiger partial charge in [-0.3, -0.25) is 4.79 Å². The Morgan fingerprint density at radius 2 is 2.05 bits per heavy atom. The first-order valence-electron chi connectivity index (χ1n) is 6.75. The van der Waals surface area contributed by atoms with Crippen LogP contribution in [-0.4, -0.2) is 23.2 Å². The van der Waals surface area contributed by atoms with Crippen molar-refractivity contribution in [1.29, 1.82) is 0 Å². The molecule has 0 heterocycles. The van der Waals surface area contributed by atoms with Gasteiger partial charge >= 0.3 is 12.1 Å². The highest BCUT2D eigenvalue weighted by molar-refractivity contribution is 5.71. The van der Waals surface area contributed by atoms with E-state index in [4.69, 9.17) is 9.84 Å². The second kappa shape index (κ2) is 6.41. The summed E-state index contributed by atoms with van der Waals surface area (Å²) in [6.45, 7) is 2.24. The zero-order chi connectivity index (χ0) is 14.5. The number of alkyl carbamates (subject to hydrolysis) is 1. The highest BCUT2D eigenvalue weighted by Crippen LogP contribution is 2.41. The number of rotatable bonds is 6. The lowest BCUT2D eigenvalue weighted by Gasteiger charge is -2.16. The first-order chi connectivity index (χ1) is 9.56. The molecular weight excluding hydrogens is 258 g/mol. The summed E-state index contributed by atoms with van der Waals surface area (Å²) in [6, 6.07) is 9.02. The quantitative estimate of drug-likeness (QED) is 0.837. The maximum atomic E-state index is 11.7. The second-order valence-corrected chi connectivity index (χ2v) is 5.29. The van der Waals surface area contributed by atoms with Crippen molar-refractivity contribution in [2.24, 2.45) is 11.8 Å². The molecule has 1 amide bonds. The lowest BCUT2D eigenvalue weighted by molar-refractivity contribution is -0.137. The molecule has 3 atom stereocenters. The maximum Gasteiger partial charge on any atom is 0.407 e. The Labute approximate surface area is 117 Å². The van der Waals surface area contributed by atoms with E-state index in [2.05, 4.69) is 12.2 Å². The average Bonchev–Trinajstić information content (AvgIpc) is 3.13. The minimum Gasteiger partial charge on any atom is -0.481 e. The summed E-state index contributed by atoms with van der Waals surface area (Å²) in [4.78, 5) is 22.5. The first kappa shape index (κ1) is 14.4. The Bertz CT molecular complexity index is 474. The fourth-order valence-corrected chi connectivity index (χ4v) is 2.33. The van der Waals surface area contributed by atoms with Crippen molar-refractivity contribution >= 4 is 12.1 Å². The third-order valence-corrected chi connectivity index (χ3v) is 3.60. The van der Waals surface area contributed by atoms with E-state index in [9.17, 15) is 9.59 Å². The van der Waals surface area contributed by atoms with Crippen LogP contribution in [0.4, 0.5) is 4.79 Å². The van der Waals surface area contributed by atoms with E-state index < -0.39 is 12.1 Å². The van der Waals surface area contributed by atoms with Crippen LogP contribution in [0, 0.1) is 11.8 Å². The molecule has 1 aliphatic carbocycles. The molecule has 1 saturated carbocycles. The van der Waals surface area contributed by atoms with Gasteiger partial charge in [-0.05, 0) is 23.8 Å². The summed E-state index contributed by atoms with van der Waals surface area (Å²) in [5.41, 5.74) is 0.900. The predicted molar refractivity (Wildman–Crippen MR) is 73.1 cm³/mol. The molecule has 0 spiro atoms. The van der Waals surface area contributed by atoms with Crippen LogP contribution in [0.15, 0.2) is 30.3 Å². The van der Waals surface area contributed by atoms with Gasteiger partial charge in [-0.2, -0.15) is 0 Å². The Morgan fingerprint density at radius 3 is 2.60 bits per heavy atom. The van der Waals surface area contributed by atoms with Crippen LogP contribution in [0.1, 0.15) is 25.3 Å². The molecule has 20 heavy (non-hydrogen) atoms. The van der Waals surface area contributed by atoms with Crippen LogP contribution in [-0.2, 0) is 16.1 Å². The van der Waals surface area contributed by atoms with Gasteiger partial charge in [0.15, 0.2) is 0 Å². The van der Waals surface area contributed by atoms with Gasteiger partial charge in [-0.25, -0.2) is 4.79 Å². The van der Waals surface area contributed by atoms with Crippen molar-refractivity contribution in [2.45, 2.75) is 32.4 Å². The summed E-state index contributed by atoms with van der Waals surface area (Å²) in [6.07, 6.45) is 0.339. The largest absolute Gasteiger partial charge is 0.481 e. The smallest absolute Gasteiger partial charge is 0.407 e. The molecule has 0 radical (unpaired) electrons. The fourth-order valence-electron chi connectivity index (χ4n) is 2.33. The number of hydrogen-bond donors (Lipinski definition) is 2. The lowest BCUT2D eigenvalue weighted by Crippen LogP contribution is -2.38. The SMILES string of the molecule is CC1CC1C(CC(=O)O)NC(=O)OCc1ccccc1. The molecule has 2 rings (SSSR count). The molecule has 108 valence electrons. The van der Waals surface area contributed by atoms with Gasteiger partial charge < -0.3 is 15.2 Å². The number of amides is 1. The lowest BCUT2D eigenvalue weighted by atomic mass is 10.1. The molecule has 5 nitrogen and oxygen atoms in total. The van der Waals surface area contributed by atoms with Gasteiger partial charge in [-0.15, -0.1) is 0 Å². The number of aliphatic carboxylic acids is 1. The van der Waals surface area contributed by atoms with E-state index in [1.165, 1.54) is 0 Å². The minimum atomic E-state index is -0.905. The van der Waals surface area contributed by atoms with Gasteiger partial charge in [0.05, 0.1) is 6.42 Å². The summed E-state index contributed by atoms with van der Waals surface area (Å²) in [5, 5.41) is 11.5. The summed E-state index contributed by atoms with van der Waals surface area (Å²) >= 11 is 0. The number of carbonyl (C=O) groups excluding carboxylic acids is 1. The van der Waals surface area contributed by atoms with Gasteiger partial charge in [-0.1, -0.05) is 37.3 Å². The van der Waals surface area contributed by atoms with E-state index in [0.29, 0.717) is 5.92 Å². The second-order valence-electron chi connectivity index (χ2n) is 5.29. The summed E-state index contributed by atoms with van der Waals surface area (Å²) in [5.74, 6) is -0.193. The molecule has 3 unspecified atom stereocenters. The normalized spacial score (nSPS) is 21.9. The molecular formula is C15H19NO4. The molecule has 1 fully saturated rings. The van der Waals surface area contributed by atoms with Gasteiger partial charge in [0.25, 0.3) is 0 Å². The van der Waals surface area contributed by atoms with E-state index in [-0.39, 0.29) is 25.0 Å². The van der Waals surface area contributed by atoms with Gasteiger partial charge in [0.2, 0.25) is 0 Å². The zero-order valence-electron chi connectivity index (χ0n) is 11.4. The average molecular weight is 277 g/mol. The Kier molecular flexibility index (Phi) is 4.61. The van der Waals surface area contributed by atoms with E-state index in [0.717, 1.165) is 12.0 Å². The molecule has 0 aromatic heterocycles. The third-order valence-electron chi connectivity index (χ3n) is 3.60. The van der Waals surface area contributed by atoms with Crippen LogP contribution < -0.4 is 5.32 Å². The van der Waals surface area contributed by atoms with Crippen molar-refractivity contribution in [3.63, 3.8) is 0 Å². The van der Waals surface area contributed by atoms with Crippen molar-refractivity contribution in [1.82, 2.24) is 5.32 Å². The van der Waals surface area contributed by atoms with Crippen molar-refractivity contribution < 1.29 is 19.4 Å².